The zero-order valence-corrected chi connectivity index (χ0v) is 22.9. The van der Waals surface area contributed by atoms with Crippen LogP contribution in [-0.2, 0) is 6.42 Å². The van der Waals surface area contributed by atoms with Gasteiger partial charge in [0.25, 0.3) is 0 Å². The summed E-state index contributed by atoms with van der Waals surface area (Å²) in [6, 6.07) is 32.5. The van der Waals surface area contributed by atoms with Crippen molar-refractivity contribution in [3.8, 4) is 0 Å². The number of aromatic nitrogens is 1. The summed E-state index contributed by atoms with van der Waals surface area (Å²) >= 11 is 1.65. The fourth-order valence-electron chi connectivity index (χ4n) is 6.29. The van der Waals surface area contributed by atoms with E-state index in [2.05, 4.69) is 83.8 Å². The molecule has 1 aliphatic rings. The van der Waals surface area contributed by atoms with E-state index in [4.69, 9.17) is 0 Å². The average Bonchev–Trinajstić information content (AvgIpc) is 2.99. The molecule has 0 spiro atoms. The summed E-state index contributed by atoms with van der Waals surface area (Å²) in [5.41, 5.74) is 7.76. The van der Waals surface area contributed by atoms with Crippen LogP contribution in [-0.4, -0.2) is 4.40 Å². The van der Waals surface area contributed by atoms with Crippen molar-refractivity contribution in [2.45, 2.75) is 30.1 Å². The fourth-order valence-corrected chi connectivity index (χ4v) is 7.49. The summed E-state index contributed by atoms with van der Waals surface area (Å²) in [6.45, 7) is 4.20. The van der Waals surface area contributed by atoms with Gasteiger partial charge in [-0.2, -0.15) is 0 Å². The topological polar surface area (TPSA) is 41.8 Å². The molecule has 2 aromatic heterocycles. The van der Waals surface area contributed by atoms with E-state index in [0.29, 0.717) is 27.1 Å². The van der Waals surface area contributed by atoms with Crippen LogP contribution in [0.5, 0.6) is 0 Å². The zero-order valence-electron chi connectivity index (χ0n) is 22.1. The molecule has 0 radical (unpaired) electrons. The van der Waals surface area contributed by atoms with E-state index in [-0.39, 0.29) is 10.9 Å². The van der Waals surface area contributed by atoms with E-state index in [9.17, 15) is 9.59 Å². The molecule has 40 heavy (non-hydrogen) atoms. The second-order valence-corrected chi connectivity index (χ2v) is 11.5. The highest BCUT2D eigenvalue weighted by Crippen LogP contribution is 2.53. The molecular formula is C35H24N2O2S. The molecule has 0 aliphatic carbocycles. The zero-order chi connectivity index (χ0) is 27.1. The molecule has 3 heterocycles. The van der Waals surface area contributed by atoms with Crippen molar-refractivity contribution < 1.29 is 0 Å². The van der Waals surface area contributed by atoms with Gasteiger partial charge in [-0.25, -0.2) is 0 Å². The van der Waals surface area contributed by atoms with Gasteiger partial charge in [0.2, 0.25) is 0 Å². The second-order valence-electron chi connectivity index (χ2n) is 10.4. The van der Waals surface area contributed by atoms with Gasteiger partial charge in [0.05, 0.1) is 33.3 Å². The Morgan fingerprint density at radius 3 is 2.15 bits per heavy atom. The SMILES string of the molecule is CCc1cccc2c(=O)c3cccc4c(=O)c5c6c(ccc5n(c12)c34)N(c1ccc(C)cc1)c1ccccc1S6. The van der Waals surface area contributed by atoms with E-state index in [1.807, 2.05) is 36.4 Å². The quantitative estimate of drug-likeness (QED) is 0.164. The third-order valence-electron chi connectivity index (χ3n) is 8.15. The molecule has 0 atom stereocenters. The number of pyridine rings is 2. The molecule has 0 amide bonds. The minimum Gasteiger partial charge on any atom is -0.308 e. The molecule has 0 saturated carbocycles. The Labute approximate surface area is 234 Å². The van der Waals surface area contributed by atoms with Crippen molar-refractivity contribution in [3.05, 3.63) is 129 Å². The Bertz CT molecular complexity index is 2290. The van der Waals surface area contributed by atoms with Crippen molar-refractivity contribution in [3.63, 3.8) is 0 Å². The van der Waals surface area contributed by atoms with Crippen LogP contribution in [0.25, 0.3) is 38.1 Å². The number of fused-ring (bicyclic) bond motifs is 7. The maximum absolute atomic E-state index is 14.4. The predicted octanol–water partition coefficient (Wildman–Crippen LogP) is 8.36. The molecule has 192 valence electrons. The first-order valence-electron chi connectivity index (χ1n) is 13.5. The first-order valence-corrected chi connectivity index (χ1v) is 14.3. The molecule has 8 rings (SSSR count). The fraction of sp³-hybridized carbons (Fsp3) is 0.0857. The molecule has 7 aromatic rings. The Kier molecular flexibility index (Phi) is 4.92. The molecule has 0 saturated heterocycles. The van der Waals surface area contributed by atoms with Gasteiger partial charge in [0.15, 0.2) is 10.9 Å². The normalized spacial score (nSPS) is 12.9. The third kappa shape index (κ3) is 3.04. The first kappa shape index (κ1) is 23.3. The minimum atomic E-state index is -0.0408. The summed E-state index contributed by atoms with van der Waals surface area (Å²) in [7, 11) is 0. The van der Waals surface area contributed by atoms with Crippen LogP contribution in [0.3, 0.4) is 0 Å². The smallest absolute Gasteiger partial charge is 0.198 e. The predicted molar refractivity (Wildman–Crippen MR) is 167 cm³/mol. The van der Waals surface area contributed by atoms with Gasteiger partial charge < -0.3 is 9.30 Å². The number of hydrogen-bond acceptors (Lipinski definition) is 4. The standard InChI is InChI=1S/C35H24N2O2S/c1-3-21-8-6-9-23-31(21)37-27-18-19-28-35(30(27)34(39)25-11-7-10-24(32(25)37)33(23)38)40-29-13-5-4-12-26(29)36(28)22-16-14-20(2)15-17-22/h4-19H,3H2,1-2H3. The van der Waals surface area contributed by atoms with E-state index >= 15 is 0 Å². The molecule has 5 heteroatoms. The number of anilines is 3. The van der Waals surface area contributed by atoms with Gasteiger partial charge in [-0.05, 0) is 73.5 Å². The molecule has 0 bridgehead atoms. The highest BCUT2D eigenvalue weighted by molar-refractivity contribution is 8.00. The summed E-state index contributed by atoms with van der Waals surface area (Å²) in [6.07, 6.45) is 0.780. The lowest BCUT2D eigenvalue weighted by Crippen LogP contribution is -2.19. The largest absolute Gasteiger partial charge is 0.308 e. The van der Waals surface area contributed by atoms with Crippen LogP contribution in [0.1, 0.15) is 18.1 Å². The number of hydrogen-bond donors (Lipinski definition) is 0. The lowest BCUT2D eigenvalue weighted by atomic mass is 10.00. The van der Waals surface area contributed by atoms with Crippen molar-refractivity contribution in [2.24, 2.45) is 0 Å². The highest BCUT2D eigenvalue weighted by atomic mass is 32.2. The molecule has 5 aromatic carbocycles. The van der Waals surface area contributed by atoms with Crippen LogP contribution in [0.2, 0.25) is 0 Å². The van der Waals surface area contributed by atoms with Gasteiger partial charge in [-0.3, -0.25) is 9.59 Å². The summed E-state index contributed by atoms with van der Waals surface area (Å²) in [4.78, 5) is 32.4. The Morgan fingerprint density at radius 2 is 1.38 bits per heavy atom. The number of rotatable bonds is 2. The maximum Gasteiger partial charge on any atom is 0.198 e. The number of aryl methyl sites for hydroxylation is 2. The van der Waals surface area contributed by atoms with Crippen LogP contribution in [0.4, 0.5) is 17.1 Å². The molecule has 0 unspecified atom stereocenters. The number of para-hydroxylation sites is 3. The molecule has 0 N–H and O–H groups in total. The number of benzene rings is 5. The Hall–Kier alpha value is -4.61. The van der Waals surface area contributed by atoms with Crippen molar-refractivity contribution in [1.29, 1.82) is 0 Å². The Morgan fingerprint density at radius 1 is 0.675 bits per heavy atom. The Balaban J connectivity index is 1.59. The van der Waals surface area contributed by atoms with Gasteiger partial charge in [0, 0.05) is 31.6 Å². The van der Waals surface area contributed by atoms with Crippen LogP contribution in [0, 0.1) is 6.92 Å². The molecule has 0 fully saturated rings. The van der Waals surface area contributed by atoms with Crippen LogP contribution in [0.15, 0.2) is 116 Å². The van der Waals surface area contributed by atoms with Crippen LogP contribution < -0.4 is 15.8 Å². The van der Waals surface area contributed by atoms with Crippen molar-refractivity contribution >= 4 is 66.9 Å². The van der Waals surface area contributed by atoms with Gasteiger partial charge in [-0.15, -0.1) is 0 Å². The molecule has 1 aliphatic heterocycles. The van der Waals surface area contributed by atoms with E-state index in [0.717, 1.165) is 49.9 Å². The van der Waals surface area contributed by atoms with Crippen molar-refractivity contribution in [2.75, 3.05) is 4.90 Å². The van der Waals surface area contributed by atoms with E-state index in [1.165, 1.54) is 5.56 Å². The minimum absolute atomic E-state index is 0.0264. The lowest BCUT2D eigenvalue weighted by Gasteiger charge is -2.33. The van der Waals surface area contributed by atoms with Crippen molar-refractivity contribution in [1.82, 2.24) is 4.40 Å². The van der Waals surface area contributed by atoms with Gasteiger partial charge in [0.1, 0.15) is 0 Å². The highest BCUT2D eigenvalue weighted by Gasteiger charge is 2.29. The molecule has 4 nitrogen and oxygen atoms in total. The van der Waals surface area contributed by atoms with E-state index < -0.39 is 0 Å². The van der Waals surface area contributed by atoms with Gasteiger partial charge >= 0.3 is 0 Å². The lowest BCUT2D eigenvalue weighted by molar-refractivity contribution is 1.13. The molecular weight excluding hydrogens is 512 g/mol. The third-order valence-corrected chi connectivity index (χ3v) is 9.33. The van der Waals surface area contributed by atoms with Crippen LogP contribution >= 0.6 is 11.8 Å². The maximum atomic E-state index is 14.4. The first-order chi connectivity index (χ1) is 19.6. The summed E-state index contributed by atoms with van der Waals surface area (Å²) in [5, 5.41) is 2.52. The van der Waals surface area contributed by atoms with Gasteiger partial charge in [-0.1, -0.05) is 66.7 Å². The monoisotopic (exact) mass is 536 g/mol. The number of nitrogens with zero attached hydrogens (tertiary/aromatic N) is 2. The second kappa shape index (κ2) is 8.44. The average molecular weight is 537 g/mol. The summed E-state index contributed by atoms with van der Waals surface area (Å²) in [5.74, 6) is 0. The summed E-state index contributed by atoms with van der Waals surface area (Å²) < 4.78 is 2.18. The van der Waals surface area contributed by atoms with E-state index in [1.54, 1.807) is 11.8 Å².